The normalized spacial score (nSPS) is 19.2. The Morgan fingerprint density at radius 3 is 2.70 bits per heavy atom. The van der Waals surface area contributed by atoms with Crippen LogP contribution in [0.2, 0.25) is 0 Å². The molecule has 0 saturated carbocycles. The zero-order valence-corrected chi connectivity index (χ0v) is 16.8. The molecule has 0 spiro atoms. The van der Waals surface area contributed by atoms with Crippen LogP contribution in [-0.4, -0.2) is 62.2 Å². The van der Waals surface area contributed by atoms with Crippen molar-refractivity contribution < 1.29 is 23.5 Å². The van der Waals surface area contributed by atoms with Gasteiger partial charge in [-0.15, -0.1) is 0 Å². The Morgan fingerprint density at radius 2 is 1.93 bits per heavy atom. The summed E-state index contributed by atoms with van der Waals surface area (Å²) in [4.78, 5) is 29.1. The summed E-state index contributed by atoms with van der Waals surface area (Å²) < 4.78 is 25.0. The van der Waals surface area contributed by atoms with Crippen molar-refractivity contribution in [1.29, 1.82) is 0 Å². The Hall–Kier alpha value is -2.97. The van der Waals surface area contributed by atoms with Crippen molar-refractivity contribution in [2.75, 3.05) is 49.6 Å². The molecule has 0 aliphatic carbocycles. The first-order chi connectivity index (χ1) is 14.5. The van der Waals surface area contributed by atoms with Crippen LogP contribution >= 0.6 is 0 Å². The van der Waals surface area contributed by atoms with Gasteiger partial charge in [0.2, 0.25) is 0 Å². The summed E-state index contributed by atoms with van der Waals surface area (Å²) in [5.41, 5.74) is 1.10. The topological polar surface area (TPSA) is 71.1 Å². The van der Waals surface area contributed by atoms with E-state index in [-0.39, 0.29) is 11.5 Å². The largest absolute Gasteiger partial charge is 0.479 e. The number of halogens is 1. The zero-order chi connectivity index (χ0) is 21.1. The van der Waals surface area contributed by atoms with Crippen molar-refractivity contribution in [2.45, 2.75) is 13.0 Å². The molecule has 7 nitrogen and oxygen atoms in total. The summed E-state index contributed by atoms with van der Waals surface area (Å²) in [5.74, 6) is -0.718. The van der Waals surface area contributed by atoms with Gasteiger partial charge in [-0.2, -0.15) is 0 Å². The number of ether oxygens (including phenoxy) is 2. The monoisotopic (exact) mass is 413 g/mol. The molecule has 2 amide bonds. The third-order valence-corrected chi connectivity index (χ3v) is 5.29. The van der Waals surface area contributed by atoms with Crippen molar-refractivity contribution in [3.63, 3.8) is 0 Å². The maximum Gasteiger partial charge on any atom is 0.267 e. The Balaban J connectivity index is 1.50. The van der Waals surface area contributed by atoms with E-state index in [9.17, 15) is 14.0 Å². The molecule has 1 unspecified atom stereocenters. The minimum absolute atomic E-state index is 0.0353. The summed E-state index contributed by atoms with van der Waals surface area (Å²) in [6.45, 7) is 6.10. The number of hydrogen-bond acceptors (Lipinski definition) is 5. The van der Waals surface area contributed by atoms with E-state index in [4.69, 9.17) is 9.47 Å². The van der Waals surface area contributed by atoms with Crippen LogP contribution in [0, 0.1) is 5.82 Å². The standard InChI is InChI=1S/C22H24FN3O4/c1-15-22(28)26(9-8-25-10-12-29-13-11-25)19-7-6-16(14-20(19)30-15)24-21(27)17-4-2-3-5-18(17)23/h2-7,14-15H,8-13H2,1H3,(H,24,27). The van der Waals surface area contributed by atoms with Gasteiger partial charge in [0.05, 0.1) is 24.5 Å². The Labute approximate surface area is 174 Å². The second kappa shape index (κ2) is 8.81. The van der Waals surface area contributed by atoms with Crippen LogP contribution in [0.3, 0.4) is 0 Å². The molecule has 2 heterocycles. The number of morpholine rings is 1. The number of hydrogen-bond donors (Lipinski definition) is 1. The second-order valence-electron chi connectivity index (χ2n) is 7.32. The predicted octanol–water partition coefficient (Wildman–Crippen LogP) is 2.52. The van der Waals surface area contributed by atoms with Crippen LogP contribution in [0.25, 0.3) is 0 Å². The third-order valence-electron chi connectivity index (χ3n) is 5.29. The molecule has 2 aromatic rings. The number of nitrogens with zero attached hydrogens (tertiary/aromatic N) is 2. The number of nitrogens with one attached hydrogen (secondary N) is 1. The van der Waals surface area contributed by atoms with Crippen LogP contribution in [0.5, 0.6) is 5.75 Å². The molecule has 1 fully saturated rings. The van der Waals surface area contributed by atoms with Crippen LogP contribution in [0.4, 0.5) is 15.8 Å². The lowest BCUT2D eigenvalue weighted by Gasteiger charge is -2.35. The van der Waals surface area contributed by atoms with E-state index >= 15 is 0 Å². The molecule has 158 valence electrons. The number of anilines is 2. The third kappa shape index (κ3) is 4.29. The fourth-order valence-electron chi connectivity index (χ4n) is 3.63. The van der Waals surface area contributed by atoms with E-state index in [2.05, 4.69) is 10.2 Å². The summed E-state index contributed by atoms with van der Waals surface area (Å²) in [5, 5.41) is 2.69. The minimum Gasteiger partial charge on any atom is -0.479 e. The molecule has 2 aliphatic heterocycles. The maximum absolute atomic E-state index is 13.9. The first kappa shape index (κ1) is 20.3. The van der Waals surface area contributed by atoms with E-state index < -0.39 is 17.8 Å². The van der Waals surface area contributed by atoms with Gasteiger partial charge in [-0.3, -0.25) is 14.5 Å². The highest BCUT2D eigenvalue weighted by molar-refractivity contribution is 6.05. The van der Waals surface area contributed by atoms with Crippen LogP contribution < -0.4 is 15.0 Å². The number of carbonyl (C=O) groups is 2. The first-order valence-corrected chi connectivity index (χ1v) is 10.0. The van der Waals surface area contributed by atoms with Crippen molar-refractivity contribution in [3.05, 3.63) is 53.8 Å². The van der Waals surface area contributed by atoms with E-state index in [0.717, 1.165) is 19.6 Å². The molecular weight excluding hydrogens is 389 g/mol. The molecule has 8 heteroatoms. The molecule has 4 rings (SSSR count). The highest BCUT2D eigenvalue weighted by Crippen LogP contribution is 2.36. The Kier molecular flexibility index (Phi) is 5.96. The Morgan fingerprint density at radius 1 is 1.17 bits per heavy atom. The van der Waals surface area contributed by atoms with E-state index in [1.807, 2.05) is 0 Å². The number of benzene rings is 2. The Bertz CT molecular complexity index is 946. The first-order valence-electron chi connectivity index (χ1n) is 10.0. The lowest BCUT2D eigenvalue weighted by Crippen LogP contribution is -2.48. The van der Waals surface area contributed by atoms with Crippen LogP contribution in [-0.2, 0) is 9.53 Å². The highest BCUT2D eigenvalue weighted by Gasteiger charge is 2.32. The zero-order valence-electron chi connectivity index (χ0n) is 16.8. The van der Waals surface area contributed by atoms with Gasteiger partial charge in [-0.05, 0) is 31.2 Å². The fraction of sp³-hybridized carbons (Fsp3) is 0.364. The molecule has 0 bridgehead atoms. The SMILES string of the molecule is CC1Oc2cc(NC(=O)c3ccccc3F)ccc2N(CCN2CCOCC2)C1=O. The molecule has 30 heavy (non-hydrogen) atoms. The quantitative estimate of drug-likeness (QED) is 0.816. The highest BCUT2D eigenvalue weighted by atomic mass is 19.1. The molecule has 1 saturated heterocycles. The van der Waals surface area contributed by atoms with E-state index in [1.165, 1.54) is 18.2 Å². The smallest absolute Gasteiger partial charge is 0.267 e. The maximum atomic E-state index is 13.9. The molecule has 0 radical (unpaired) electrons. The van der Waals surface area contributed by atoms with Gasteiger partial charge in [0.15, 0.2) is 6.10 Å². The molecule has 2 aromatic carbocycles. The lowest BCUT2D eigenvalue weighted by atomic mass is 10.1. The van der Waals surface area contributed by atoms with Crippen LogP contribution in [0.15, 0.2) is 42.5 Å². The molecule has 1 atom stereocenters. The van der Waals surface area contributed by atoms with Gasteiger partial charge in [0.25, 0.3) is 11.8 Å². The van der Waals surface area contributed by atoms with Gasteiger partial charge in [0.1, 0.15) is 11.6 Å². The number of amides is 2. The number of carbonyl (C=O) groups excluding carboxylic acids is 2. The van der Waals surface area contributed by atoms with Gasteiger partial charge in [-0.25, -0.2) is 4.39 Å². The minimum atomic E-state index is -0.625. The van der Waals surface area contributed by atoms with Crippen LogP contribution in [0.1, 0.15) is 17.3 Å². The van der Waals surface area contributed by atoms with Crippen molar-refractivity contribution in [2.24, 2.45) is 0 Å². The van der Waals surface area contributed by atoms with Gasteiger partial charge in [-0.1, -0.05) is 12.1 Å². The van der Waals surface area contributed by atoms with Crippen molar-refractivity contribution in [3.8, 4) is 5.75 Å². The number of fused-ring (bicyclic) bond motifs is 1. The van der Waals surface area contributed by atoms with Crippen molar-refractivity contribution >= 4 is 23.2 Å². The predicted molar refractivity (Wildman–Crippen MR) is 110 cm³/mol. The number of rotatable bonds is 5. The average Bonchev–Trinajstić information content (AvgIpc) is 2.75. The van der Waals surface area contributed by atoms with Gasteiger partial charge >= 0.3 is 0 Å². The summed E-state index contributed by atoms with van der Waals surface area (Å²) in [7, 11) is 0. The van der Waals surface area contributed by atoms with Gasteiger partial charge < -0.3 is 19.7 Å². The fourth-order valence-corrected chi connectivity index (χ4v) is 3.63. The molecule has 2 aliphatic rings. The molecule has 1 N–H and O–H groups in total. The molecule has 0 aromatic heterocycles. The van der Waals surface area contributed by atoms with E-state index in [0.29, 0.717) is 36.9 Å². The summed E-state index contributed by atoms with van der Waals surface area (Å²) >= 11 is 0. The van der Waals surface area contributed by atoms with E-state index in [1.54, 1.807) is 36.1 Å². The summed E-state index contributed by atoms with van der Waals surface area (Å²) in [6.07, 6.45) is -0.625. The average molecular weight is 413 g/mol. The molecular formula is C22H24FN3O4. The lowest BCUT2D eigenvalue weighted by molar-refractivity contribution is -0.125. The summed E-state index contributed by atoms with van der Waals surface area (Å²) in [6, 6.07) is 10.9. The van der Waals surface area contributed by atoms with Crippen molar-refractivity contribution in [1.82, 2.24) is 4.90 Å². The second-order valence-corrected chi connectivity index (χ2v) is 7.32. The van der Waals surface area contributed by atoms with Gasteiger partial charge in [0, 0.05) is 37.9 Å².